The van der Waals surface area contributed by atoms with Gasteiger partial charge in [0.05, 0.1) is 17.6 Å². The van der Waals surface area contributed by atoms with Gasteiger partial charge in [-0.15, -0.1) is 0 Å². The monoisotopic (exact) mass is 480 g/mol. The van der Waals surface area contributed by atoms with Crippen molar-refractivity contribution in [3.8, 4) is 6.01 Å². The molecular formula is C25H36N8O2. The van der Waals surface area contributed by atoms with Crippen LogP contribution in [0, 0.1) is 0 Å². The molecule has 0 aliphatic carbocycles. The van der Waals surface area contributed by atoms with Gasteiger partial charge in [-0.3, -0.25) is 4.79 Å². The van der Waals surface area contributed by atoms with Crippen LogP contribution in [0.25, 0.3) is 5.65 Å². The van der Waals surface area contributed by atoms with E-state index in [0.29, 0.717) is 18.5 Å². The molecule has 35 heavy (non-hydrogen) atoms. The number of benzene rings is 1. The van der Waals surface area contributed by atoms with Gasteiger partial charge in [-0.25, -0.2) is 0 Å². The third-order valence-electron chi connectivity index (χ3n) is 6.25. The Labute approximate surface area is 206 Å². The minimum atomic E-state index is -0.107. The molecule has 0 spiro atoms. The molecule has 3 aromatic rings. The molecule has 0 radical (unpaired) electrons. The van der Waals surface area contributed by atoms with Gasteiger partial charge >= 0.3 is 6.01 Å². The van der Waals surface area contributed by atoms with Gasteiger partial charge in [0.15, 0.2) is 5.65 Å². The molecule has 10 heteroatoms. The van der Waals surface area contributed by atoms with Crippen molar-refractivity contribution in [1.29, 1.82) is 0 Å². The number of carbonyl (C=O) groups excluding carboxylic acids is 1. The average Bonchev–Trinajstić information content (AvgIpc) is 3.23. The zero-order valence-electron chi connectivity index (χ0n) is 21.5. The highest BCUT2D eigenvalue weighted by molar-refractivity contribution is 5.93. The fourth-order valence-electron chi connectivity index (χ4n) is 4.43. The summed E-state index contributed by atoms with van der Waals surface area (Å²) < 4.78 is 7.99. The number of nitrogens with one attached hydrogen (secondary N) is 2. The number of aromatic nitrogens is 4. The maximum atomic E-state index is 11.7. The number of amides is 1. The lowest BCUT2D eigenvalue weighted by molar-refractivity contribution is -0.114. The van der Waals surface area contributed by atoms with E-state index >= 15 is 0 Å². The van der Waals surface area contributed by atoms with Crippen LogP contribution in [0.2, 0.25) is 0 Å². The minimum Gasteiger partial charge on any atom is -0.460 e. The number of likely N-dealkylation sites (tertiary alicyclic amines) is 1. The van der Waals surface area contributed by atoms with Gasteiger partial charge in [0, 0.05) is 46.2 Å². The molecule has 0 unspecified atom stereocenters. The summed E-state index contributed by atoms with van der Waals surface area (Å²) in [5.74, 6) is 0.727. The van der Waals surface area contributed by atoms with Crippen molar-refractivity contribution < 1.29 is 9.53 Å². The van der Waals surface area contributed by atoms with E-state index in [0.717, 1.165) is 54.1 Å². The Morgan fingerprint density at radius 3 is 2.63 bits per heavy atom. The highest BCUT2D eigenvalue weighted by Crippen LogP contribution is 2.30. The van der Waals surface area contributed by atoms with Gasteiger partial charge in [-0.05, 0) is 37.4 Å². The lowest BCUT2D eigenvalue weighted by atomic mass is 10.1. The molecule has 0 bridgehead atoms. The first-order valence-corrected chi connectivity index (χ1v) is 12.1. The van der Waals surface area contributed by atoms with Crippen molar-refractivity contribution in [3.05, 3.63) is 35.5 Å². The summed E-state index contributed by atoms with van der Waals surface area (Å²) >= 11 is 0. The topological polar surface area (TPSA) is 99.9 Å². The van der Waals surface area contributed by atoms with Crippen LogP contribution in [0.1, 0.15) is 50.7 Å². The Morgan fingerprint density at radius 2 is 1.97 bits per heavy atom. The molecule has 2 N–H and O–H groups in total. The Bertz CT molecular complexity index is 1180. The maximum Gasteiger partial charge on any atom is 0.322 e. The first kappa shape index (κ1) is 24.7. The van der Waals surface area contributed by atoms with E-state index in [9.17, 15) is 4.79 Å². The molecule has 188 valence electrons. The number of fused-ring (bicyclic) bond motifs is 1. The van der Waals surface area contributed by atoms with Crippen LogP contribution in [0.3, 0.4) is 0 Å². The smallest absolute Gasteiger partial charge is 0.322 e. The predicted molar refractivity (Wildman–Crippen MR) is 138 cm³/mol. The largest absolute Gasteiger partial charge is 0.460 e. The lowest BCUT2D eigenvalue weighted by Gasteiger charge is -2.28. The molecule has 0 atom stereocenters. The van der Waals surface area contributed by atoms with Crippen molar-refractivity contribution in [2.45, 2.75) is 52.2 Å². The molecule has 1 aromatic carbocycles. The minimum absolute atomic E-state index is 0.0987. The second-order valence-electron chi connectivity index (χ2n) is 9.68. The van der Waals surface area contributed by atoms with Crippen LogP contribution in [0.5, 0.6) is 6.01 Å². The Morgan fingerprint density at radius 1 is 1.23 bits per heavy atom. The molecule has 1 saturated heterocycles. The predicted octanol–water partition coefficient (Wildman–Crippen LogP) is 3.36. The molecule has 3 heterocycles. The van der Waals surface area contributed by atoms with E-state index in [1.807, 2.05) is 43.4 Å². The van der Waals surface area contributed by atoms with Crippen LogP contribution >= 0.6 is 0 Å². The van der Waals surface area contributed by atoms with Crippen LogP contribution in [-0.2, 0) is 11.3 Å². The summed E-state index contributed by atoms with van der Waals surface area (Å²) in [5, 5.41) is 10.9. The average molecular weight is 481 g/mol. The maximum absolute atomic E-state index is 11.7. The summed E-state index contributed by atoms with van der Waals surface area (Å²) in [4.78, 5) is 25.5. The third kappa shape index (κ3) is 5.64. The standard InChI is InChI=1S/C25H36N8O2/c1-16(2)20-15-27-33-23(20)29-25(35-19-10-12-32(6)13-11-19)30-24(33)26-14-18-8-7-9-21(28-17(3)34)22(18)31(4)5/h7-9,15-16,19H,10-14H2,1-6H3,(H,28,34)(H,26,29,30). The van der Waals surface area contributed by atoms with Crippen LogP contribution in [0.4, 0.5) is 17.3 Å². The van der Waals surface area contributed by atoms with Crippen LogP contribution in [0.15, 0.2) is 24.4 Å². The molecule has 2 aromatic heterocycles. The third-order valence-corrected chi connectivity index (χ3v) is 6.25. The molecule has 1 amide bonds. The molecule has 1 aliphatic heterocycles. The summed E-state index contributed by atoms with van der Waals surface area (Å²) in [7, 11) is 6.05. The second-order valence-corrected chi connectivity index (χ2v) is 9.68. The zero-order valence-corrected chi connectivity index (χ0v) is 21.5. The first-order chi connectivity index (χ1) is 16.7. The van der Waals surface area contributed by atoms with Crippen LogP contribution in [-0.4, -0.2) is 70.7 Å². The van der Waals surface area contributed by atoms with Gasteiger partial charge < -0.3 is 25.2 Å². The number of anilines is 3. The van der Waals surface area contributed by atoms with Gasteiger partial charge in [0.1, 0.15) is 6.10 Å². The lowest BCUT2D eigenvalue weighted by Crippen LogP contribution is -2.36. The number of hydrogen-bond acceptors (Lipinski definition) is 8. The summed E-state index contributed by atoms with van der Waals surface area (Å²) in [6.07, 6.45) is 3.85. The quantitative estimate of drug-likeness (QED) is 0.506. The highest BCUT2D eigenvalue weighted by Gasteiger charge is 2.22. The summed E-state index contributed by atoms with van der Waals surface area (Å²) in [6.45, 7) is 8.25. The van der Waals surface area contributed by atoms with E-state index < -0.39 is 0 Å². The summed E-state index contributed by atoms with van der Waals surface area (Å²) in [5.41, 5.74) is 4.52. The fraction of sp³-hybridized carbons (Fsp3) is 0.520. The molecule has 1 fully saturated rings. The van der Waals surface area contributed by atoms with Gasteiger partial charge in [-0.1, -0.05) is 26.0 Å². The van der Waals surface area contributed by atoms with Crippen molar-refractivity contribution in [1.82, 2.24) is 24.5 Å². The molecule has 4 rings (SSSR count). The zero-order chi connectivity index (χ0) is 25.1. The van der Waals surface area contributed by atoms with Gasteiger partial charge in [0.2, 0.25) is 11.9 Å². The van der Waals surface area contributed by atoms with E-state index in [4.69, 9.17) is 14.7 Å². The number of para-hydroxylation sites is 1. The van der Waals surface area contributed by atoms with E-state index in [2.05, 4.69) is 41.5 Å². The number of hydrogen-bond donors (Lipinski definition) is 2. The van der Waals surface area contributed by atoms with Crippen molar-refractivity contribution >= 4 is 28.9 Å². The Kier molecular flexibility index (Phi) is 7.39. The van der Waals surface area contributed by atoms with Crippen molar-refractivity contribution in [3.63, 3.8) is 0 Å². The number of nitrogens with zero attached hydrogens (tertiary/aromatic N) is 6. The molecule has 1 aliphatic rings. The number of ether oxygens (including phenoxy) is 1. The number of piperidine rings is 1. The van der Waals surface area contributed by atoms with Gasteiger partial charge in [-0.2, -0.15) is 19.6 Å². The summed E-state index contributed by atoms with van der Waals surface area (Å²) in [6, 6.07) is 6.24. The van der Waals surface area contributed by atoms with Gasteiger partial charge in [0.25, 0.3) is 0 Å². The highest BCUT2D eigenvalue weighted by atomic mass is 16.5. The molecular weight excluding hydrogens is 444 g/mol. The van der Waals surface area contributed by atoms with E-state index in [-0.39, 0.29) is 17.9 Å². The van der Waals surface area contributed by atoms with E-state index in [1.165, 1.54) is 6.92 Å². The van der Waals surface area contributed by atoms with Crippen molar-refractivity contribution in [2.24, 2.45) is 0 Å². The van der Waals surface area contributed by atoms with Crippen molar-refractivity contribution in [2.75, 3.05) is 49.8 Å². The second kappa shape index (κ2) is 10.5. The first-order valence-electron chi connectivity index (χ1n) is 12.1. The fourth-order valence-corrected chi connectivity index (χ4v) is 4.43. The molecule has 10 nitrogen and oxygen atoms in total. The Hall–Kier alpha value is -3.40. The normalized spacial score (nSPS) is 14.9. The Balaban J connectivity index is 1.65. The number of carbonyl (C=O) groups is 1. The molecule has 0 saturated carbocycles. The van der Waals surface area contributed by atoms with Crippen LogP contribution < -0.4 is 20.3 Å². The van der Waals surface area contributed by atoms with E-state index in [1.54, 1.807) is 4.52 Å². The number of rotatable bonds is 8. The SMILES string of the molecule is CC(=O)Nc1cccc(CNc2nc(OC3CCN(C)CC3)nc3c(C(C)C)cnn23)c1N(C)C.